The van der Waals surface area contributed by atoms with Crippen molar-refractivity contribution in [3.05, 3.63) is 42.0 Å². The molecule has 0 bridgehead atoms. The maximum absolute atomic E-state index is 5.25. The molecule has 0 saturated carbocycles. The molecule has 2 aromatic heterocycles. The average Bonchev–Trinajstić information content (AvgIpc) is 3.04. The molecule has 2 fully saturated rings. The lowest BCUT2D eigenvalue weighted by Gasteiger charge is -2.39. The Labute approximate surface area is 148 Å². The molecule has 0 aromatic carbocycles. The van der Waals surface area contributed by atoms with E-state index in [-0.39, 0.29) is 0 Å². The van der Waals surface area contributed by atoms with Gasteiger partial charge in [-0.05, 0) is 44.4 Å². The predicted octanol–water partition coefficient (Wildman–Crippen LogP) is 2.29. The van der Waals surface area contributed by atoms with Crippen LogP contribution in [0.25, 0.3) is 0 Å². The molecule has 2 aliphatic heterocycles. The number of hydrogen-bond acceptors (Lipinski definition) is 6. The van der Waals surface area contributed by atoms with Gasteiger partial charge in [0.15, 0.2) is 0 Å². The molecular formula is C19H25N5O. The smallest absolute Gasteiger partial charge is 0.218 e. The summed E-state index contributed by atoms with van der Waals surface area (Å²) < 4.78 is 5.25. The van der Waals surface area contributed by atoms with Gasteiger partial charge in [-0.1, -0.05) is 6.07 Å². The highest BCUT2D eigenvalue weighted by molar-refractivity contribution is 5.41. The number of methoxy groups -OCH3 is 1. The van der Waals surface area contributed by atoms with Crippen LogP contribution >= 0.6 is 0 Å². The Kier molecular flexibility index (Phi) is 4.53. The molecule has 132 valence electrons. The van der Waals surface area contributed by atoms with Crippen LogP contribution in [0.3, 0.4) is 0 Å². The summed E-state index contributed by atoms with van der Waals surface area (Å²) in [5.74, 6) is 2.37. The van der Waals surface area contributed by atoms with Gasteiger partial charge in [0, 0.05) is 37.4 Å². The van der Waals surface area contributed by atoms with Crippen LogP contribution < -0.4 is 9.64 Å². The van der Waals surface area contributed by atoms with Gasteiger partial charge in [-0.2, -0.15) is 0 Å². The van der Waals surface area contributed by atoms with Crippen LogP contribution in [0.4, 0.5) is 5.82 Å². The molecule has 0 amide bonds. The van der Waals surface area contributed by atoms with Gasteiger partial charge in [-0.15, -0.1) is 0 Å². The van der Waals surface area contributed by atoms with Crippen molar-refractivity contribution < 1.29 is 4.74 Å². The van der Waals surface area contributed by atoms with Crippen LogP contribution in [-0.2, 0) is 6.54 Å². The van der Waals surface area contributed by atoms with Gasteiger partial charge in [0.1, 0.15) is 12.1 Å². The third-order valence-electron chi connectivity index (χ3n) is 5.45. The van der Waals surface area contributed by atoms with E-state index in [4.69, 9.17) is 4.74 Å². The van der Waals surface area contributed by atoms with Crippen LogP contribution in [-0.4, -0.2) is 52.6 Å². The van der Waals surface area contributed by atoms with Crippen molar-refractivity contribution in [1.82, 2.24) is 19.9 Å². The second-order valence-electron chi connectivity index (χ2n) is 7.01. The van der Waals surface area contributed by atoms with Crippen molar-refractivity contribution in [3.63, 3.8) is 0 Å². The molecule has 2 aliphatic rings. The Balaban J connectivity index is 1.48. The fourth-order valence-electron chi connectivity index (χ4n) is 4.14. The summed E-state index contributed by atoms with van der Waals surface area (Å²) >= 11 is 0. The number of nitrogens with zero attached hydrogens (tertiary/aromatic N) is 5. The minimum Gasteiger partial charge on any atom is -0.481 e. The molecule has 0 spiro atoms. The number of ether oxygens (including phenoxy) is 1. The summed E-state index contributed by atoms with van der Waals surface area (Å²) in [4.78, 5) is 18.2. The quantitative estimate of drug-likeness (QED) is 0.852. The summed E-state index contributed by atoms with van der Waals surface area (Å²) in [6.45, 7) is 6.21. The fourth-order valence-corrected chi connectivity index (χ4v) is 4.14. The normalized spacial score (nSPS) is 23.5. The third kappa shape index (κ3) is 3.44. The molecule has 0 N–H and O–H groups in total. The largest absolute Gasteiger partial charge is 0.481 e. The monoisotopic (exact) mass is 339 g/mol. The van der Waals surface area contributed by atoms with Crippen molar-refractivity contribution in [2.75, 3.05) is 31.6 Å². The molecular weight excluding hydrogens is 314 g/mol. The number of anilines is 1. The topological polar surface area (TPSA) is 54.4 Å². The first-order valence-electron chi connectivity index (χ1n) is 9.00. The summed E-state index contributed by atoms with van der Waals surface area (Å²) in [7, 11) is 1.64. The molecule has 4 heterocycles. The maximum Gasteiger partial charge on any atom is 0.218 e. The van der Waals surface area contributed by atoms with Crippen molar-refractivity contribution in [1.29, 1.82) is 0 Å². The third-order valence-corrected chi connectivity index (χ3v) is 5.45. The zero-order valence-electron chi connectivity index (χ0n) is 14.9. The Hall–Kier alpha value is -2.21. The molecule has 2 unspecified atom stereocenters. The first-order chi connectivity index (χ1) is 12.2. The Morgan fingerprint density at radius 2 is 2.08 bits per heavy atom. The van der Waals surface area contributed by atoms with Crippen molar-refractivity contribution in [2.24, 2.45) is 5.92 Å². The first-order valence-corrected chi connectivity index (χ1v) is 9.00. The van der Waals surface area contributed by atoms with Crippen LogP contribution in [0.1, 0.15) is 24.2 Å². The van der Waals surface area contributed by atoms with Crippen LogP contribution in [0.5, 0.6) is 5.88 Å². The van der Waals surface area contributed by atoms with E-state index in [9.17, 15) is 0 Å². The number of aromatic nitrogens is 3. The van der Waals surface area contributed by atoms with E-state index in [1.165, 1.54) is 18.5 Å². The molecule has 2 aromatic rings. The van der Waals surface area contributed by atoms with E-state index in [0.717, 1.165) is 43.6 Å². The fraction of sp³-hybridized carbons (Fsp3) is 0.526. The van der Waals surface area contributed by atoms with E-state index in [1.54, 1.807) is 13.4 Å². The molecule has 0 radical (unpaired) electrons. The standard InChI is InChI=1S/C19H25N5O/c1-14-4-3-5-16(22-14)11-23-8-6-15-7-9-24(12-17(15)23)18-10-19(25-2)21-13-20-18/h3-5,10,13,15,17H,6-9,11-12H2,1-2H3. The second-order valence-corrected chi connectivity index (χ2v) is 7.01. The Morgan fingerprint density at radius 1 is 1.20 bits per heavy atom. The lowest BCUT2D eigenvalue weighted by atomic mass is 9.92. The highest BCUT2D eigenvalue weighted by Gasteiger charge is 2.38. The summed E-state index contributed by atoms with van der Waals surface area (Å²) in [6.07, 6.45) is 4.09. The lowest BCUT2D eigenvalue weighted by molar-refractivity contribution is 0.198. The van der Waals surface area contributed by atoms with Crippen molar-refractivity contribution >= 4 is 5.82 Å². The van der Waals surface area contributed by atoms with Crippen molar-refractivity contribution in [3.8, 4) is 5.88 Å². The number of rotatable bonds is 4. The average molecular weight is 339 g/mol. The molecule has 2 atom stereocenters. The van der Waals surface area contributed by atoms with Crippen LogP contribution in [0.15, 0.2) is 30.6 Å². The minimum absolute atomic E-state index is 0.567. The Morgan fingerprint density at radius 3 is 2.92 bits per heavy atom. The number of piperidine rings is 1. The molecule has 2 saturated heterocycles. The van der Waals surface area contributed by atoms with Crippen LogP contribution in [0, 0.1) is 12.8 Å². The molecule has 25 heavy (non-hydrogen) atoms. The van der Waals surface area contributed by atoms with Crippen molar-refractivity contribution in [2.45, 2.75) is 32.4 Å². The van der Waals surface area contributed by atoms with E-state index >= 15 is 0 Å². The molecule has 6 nitrogen and oxygen atoms in total. The van der Waals surface area contributed by atoms with Gasteiger partial charge in [0.05, 0.1) is 12.8 Å². The highest BCUT2D eigenvalue weighted by atomic mass is 16.5. The zero-order chi connectivity index (χ0) is 17.2. The highest BCUT2D eigenvalue weighted by Crippen LogP contribution is 2.34. The molecule has 4 rings (SSSR count). The van der Waals surface area contributed by atoms with Gasteiger partial charge in [-0.3, -0.25) is 9.88 Å². The van der Waals surface area contributed by atoms with Gasteiger partial charge in [0.2, 0.25) is 5.88 Å². The number of hydrogen-bond donors (Lipinski definition) is 0. The van der Waals surface area contributed by atoms with E-state index in [1.807, 2.05) is 6.07 Å². The van der Waals surface area contributed by atoms with Gasteiger partial charge >= 0.3 is 0 Å². The number of fused-ring (bicyclic) bond motifs is 1. The Bertz CT molecular complexity index is 737. The number of likely N-dealkylation sites (tertiary alicyclic amines) is 1. The predicted molar refractivity (Wildman–Crippen MR) is 96.7 cm³/mol. The van der Waals surface area contributed by atoms with E-state index in [2.05, 4.69) is 49.9 Å². The maximum atomic E-state index is 5.25. The molecule has 6 heteroatoms. The number of aryl methyl sites for hydroxylation is 1. The minimum atomic E-state index is 0.567. The number of pyridine rings is 1. The summed E-state index contributed by atoms with van der Waals surface area (Å²) in [6, 6.07) is 8.79. The summed E-state index contributed by atoms with van der Waals surface area (Å²) in [5, 5.41) is 0. The van der Waals surface area contributed by atoms with Gasteiger partial charge in [-0.25, -0.2) is 9.97 Å². The lowest BCUT2D eigenvalue weighted by Crippen LogP contribution is -2.48. The van der Waals surface area contributed by atoms with E-state index < -0.39 is 0 Å². The van der Waals surface area contributed by atoms with Crippen LogP contribution in [0.2, 0.25) is 0 Å². The second kappa shape index (κ2) is 6.96. The van der Waals surface area contributed by atoms with Gasteiger partial charge < -0.3 is 9.64 Å². The van der Waals surface area contributed by atoms with E-state index in [0.29, 0.717) is 11.9 Å². The van der Waals surface area contributed by atoms with Gasteiger partial charge in [0.25, 0.3) is 0 Å². The first kappa shape index (κ1) is 16.3. The molecule has 0 aliphatic carbocycles. The zero-order valence-corrected chi connectivity index (χ0v) is 14.9. The SMILES string of the molecule is COc1cc(N2CCC3CCN(Cc4cccc(C)n4)C3C2)ncn1. The summed E-state index contributed by atoms with van der Waals surface area (Å²) in [5.41, 5.74) is 2.26.